The molecule has 8 aromatic rings. The van der Waals surface area contributed by atoms with Gasteiger partial charge in [-0.3, -0.25) is 19.2 Å². The lowest BCUT2D eigenvalue weighted by molar-refractivity contribution is -0.121. The summed E-state index contributed by atoms with van der Waals surface area (Å²) in [5.74, 6) is 0.911. The van der Waals surface area contributed by atoms with Crippen LogP contribution >= 0.6 is 0 Å². The lowest BCUT2D eigenvalue weighted by atomic mass is 9.95. The second-order valence-electron chi connectivity index (χ2n) is 21.3. The van der Waals surface area contributed by atoms with Crippen molar-refractivity contribution in [1.82, 2.24) is 80.2 Å². The van der Waals surface area contributed by atoms with Gasteiger partial charge in [-0.15, -0.1) is 20.4 Å². The van der Waals surface area contributed by atoms with E-state index in [0.717, 1.165) is 11.1 Å². The third kappa shape index (κ3) is 11.7. The number of hydrogen-bond donors (Lipinski definition) is 3. The van der Waals surface area contributed by atoms with Gasteiger partial charge in [-0.05, 0) is 74.2 Å². The predicted octanol–water partition coefficient (Wildman–Crippen LogP) is 4.82. The monoisotopic (exact) mass is 992 g/mol. The van der Waals surface area contributed by atoms with Gasteiger partial charge in [-0.1, -0.05) is 74.4 Å². The van der Waals surface area contributed by atoms with Gasteiger partial charge in [0.05, 0.1) is 36.9 Å². The minimum absolute atomic E-state index is 0.00696. The first-order valence-corrected chi connectivity index (χ1v) is 23.6. The summed E-state index contributed by atoms with van der Waals surface area (Å²) in [4.78, 5) is 64.0. The zero-order valence-electron chi connectivity index (χ0n) is 42.0. The molecule has 24 heteroatoms. The summed E-state index contributed by atoms with van der Waals surface area (Å²) >= 11 is 0. The van der Waals surface area contributed by atoms with Gasteiger partial charge in [-0.2, -0.15) is 19.8 Å². The molecule has 2 aliphatic rings. The molecule has 6 aromatic heterocycles. The van der Waals surface area contributed by atoms with Crippen LogP contribution in [-0.4, -0.2) is 113 Å². The highest BCUT2D eigenvalue weighted by Crippen LogP contribution is 2.35. The summed E-state index contributed by atoms with van der Waals surface area (Å²) in [5, 5.41) is 42.7. The topological polar surface area (TPSA) is 274 Å². The molecule has 73 heavy (non-hydrogen) atoms. The van der Waals surface area contributed by atoms with Crippen molar-refractivity contribution in [1.29, 1.82) is 0 Å². The molecule has 0 bridgehead atoms. The van der Waals surface area contributed by atoms with Crippen LogP contribution in [0, 0.1) is 16.2 Å². The highest BCUT2D eigenvalue weighted by atomic mass is 16.5. The molecule has 0 radical (unpaired) electrons. The van der Waals surface area contributed by atoms with Crippen LogP contribution in [0.5, 0.6) is 11.5 Å². The van der Waals surface area contributed by atoms with Crippen LogP contribution in [0.25, 0.3) is 34.3 Å². The van der Waals surface area contributed by atoms with E-state index in [9.17, 15) is 19.2 Å². The molecule has 24 nitrogen and oxygen atoms in total. The van der Waals surface area contributed by atoms with Crippen molar-refractivity contribution in [2.24, 2.45) is 16.2 Å². The Labute approximate surface area is 418 Å². The van der Waals surface area contributed by atoms with E-state index in [0.29, 0.717) is 76.8 Å². The number of anilines is 2. The normalized spacial score (nSPS) is 13.6. The molecular formula is C49H56N18O6. The number of aromatic nitrogens is 14. The molecule has 0 atom stereocenters. The van der Waals surface area contributed by atoms with Crippen molar-refractivity contribution in [2.45, 2.75) is 88.5 Å². The molecule has 0 unspecified atom stereocenters. The predicted molar refractivity (Wildman–Crippen MR) is 265 cm³/mol. The summed E-state index contributed by atoms with van der Waals surface area (Å²) in [6.45, 7) is 21.0. The Hall–Kier alpha value is -8.70. The van der Waals surface area contributed by atoms with E-state index in [1.807, 2.05) is 24.3 Å². The molecule has 10 rings (SSSR count). The van der Waals surface area contributed by atoms with E-state index in [-0.39, 0.29) is 77.6 Å². The second-order valence-corrected chi connectivity index (χ2v) is 21.3. The molecule has 8 heterocycles. The van der Waals surface area contributed by atoms with Gasteiger partial charge >= 0.3 is 0 Å². The molecule has 2 aromatic carbocycles. The Morgan fingerprint density at radius 3 is 1.63 bits per heavy atom. The van der Waals surface area contributed by atoms with Crippen molar-refractivity contribution in [3.05, 3.63) is 95.6 Å². The third-order valence-electron chi connectivity index (χ3n) is 11.0. The number of carbonyl (C=O) groups is 4. The summed E-state index contributed by atoms with van der Waals surface area (Å²) in [6.07, 6.45) is 3.20. The number of fused-ring (bicyclic) bond motifs is 4. The molecule has 0 aliphatic carbocycles. The van der Waals surface area contributed by atoms with E-state index in [1.165, 1.54) is 4.80 Å². The number of rotatable bonds is 11. The van der Waals surface area contributed by atoms with Gasteiger partial charge in [0.1, 0.15) is 34.3 Å². The third-order valence-corrected chi connectivity index (χ3v) is 11.0. The van der Waals surface area contributed by atoms with E-state index in [4.69, 9.17) is 9.47 Å². The number of nitrogens with zero attached hydrogens (tertiary/aromatic N) is 15. The first-order chi connectivity index (χ1) is 34.6. The van der Waals surface area contributed by atoms with Crippen LogP contribution < -0.4 is 30.3 Å². The minimum atomic E-state index is -0.370. The number of nitrogens with one attached hydrogen (secondary N) is 3. The SMILES string of the molecule is CC(C)(C)CN1C(=O)COc2ccc(CNC(=O)c3cc(-c4nnn(CC(C)(C)C)n4)n4nccc4n3)cc21.CC(C)(C)Cn1nnc(-c2cc(C(=O)NCc3ccc4c(c3)NC(=O)CO4)nc3ccnn23)n1. The zero-order valence-corrected chi connectivity index (χ0v) is 42.0. The average Bonchev–Trinajstić information content (AvgIpc) is 4.18. The van der Waals surface area contributed by atoms with Gasteiger partial charge in [0.15, 0.2) is 24.5 Å². The molecule has 378 valence electrons. The van der Waals surface area contributed by atoms with Crippen LogP contribution in [0.15, 0.2) is 73.1 Å². The van der Waals surface area contributed by atoms with Crippen LogP contribution in [-0.2, 0) is 35.8 Å². The van der Waals surface area contributed by atoms with Gasteiger partial charge in [0.25, 0.3) is 23.6 Å². The van der Waals surface area contributed by atoms with Crippen LogP contribution in [0.2, 0.25) is 0 Å². The quantitative estimate of drug-likeness (QED) is 0.157. The summed E-state index contributed by atoms with van der Waals surface area (Å²) < 4.78 is 14.2. The number of ether oxygens (including phenoxy) is 2. The molecule has 4 amide bonds. The first-order valence-electron chi connectivity index (χ1n) is 23.6. The first kappa shape index (κ1) is 49.3. The van der Waals surface area contributed by atoms with E-state index >= 15 is 0 Å². The molecule has 0 saturated heterocycles. The molecule has 0 fully saturated rings. The number of benzene rings is 2. The fourth-order valence-electron chi connectivity index (χ4n) is 7.84. The fourth-order valence-corrected chi connectivity index (χ4v) is 7.84. The van der Waals surface area contributed by atoms with Crippen molar-refractivity contribution < 1.29 is 28.7 Å². The molecule has 0 spiro atoms. The zero-order chi connectivity index (χ0) is 51.8. The Balaban J connectivity index is 0.000000181. The van der Waals surface area contributed by atoms with Crippen molar-refractivity contribution in [2.75, 3.05) is 30.0 Å². The fraction of sp³-hybridized carbons (Fsp3) is 0.388. The minimum Gasteiger partial charge on any atom is -0.482 e. The number of hydrogen-bond acceptors (Lipinski definition) is 16. The van der Waals surface area contributed by atoms with E-state index in [2.05, 4.69) is 129 Å². The Morgan fingerprint density at radius 2 is 1.11 bits per heavy atom. The van der Waals surface area contributed by atoms with Crippen molar-refractivity contribution >= 4 is 46.3 Å². The Bertz CT molecular complexity index is 3390. The Morgan fingerprint density at radius 1 is 0.616 bits per heavy atom. The summed E-state index contributed by atoms with van der Waals surface area (Å²) in [6, 6.07) is 17.6. The standard InChI is InChI=1S/C27H33N9O3.C22H23N9O3/c1-26(2,3)15-34-19-11-17(7-8-21(19)39-14-23(34)37)13-28-25(38)18-12-20(36-22(30-18)9-10-29-36)24-31-33-35(32-24)16-27(4,5)6;1-22(2,3)12-30-28-20(27-29-30)16-9-15(25-18-6-7-24-31(16)18)21(33)23-10-13-4-5-17-14(8-13)26-19(32)11-34-17/h7-12H,13-16H2,1-6H3,(H,28,38);4-9H,10-12H2,1-3H3,(H,23,33)(H,26,32). The lowest BCUT2D eigenvalue weighted by Gasteiger charge is -2.34. The summed E-state index contributed by atoms with van der Waals surface area (Å²) in [5.41, 5.74) is 5.19. The lowest BCUT2D eigenvalue weighted by Crippen LogP contribution is -2.43. The maximum Gasteiger partial charge on any atom is 0.270 e. The van der Waals surface area contributed by atoms with Crippen molar-refractivity contribution in [3.8, 4) is 34.5 Å². The second kappa shape index (κ2) is 19.5. The van der Waals surface area contributed by atoms with Gasteiger partial charge in [0, 0.05) is 31.8 Å². The summed E-state index contributed by atoms with van der Waals surface area (Å²) in [7, 11) is 0. The average molecular weight is 993 g/mol. The maximum absolute atomic E-state index is 13.2. The largest absolute Gasteiger partial charge is 0.482 e. The smallest absolute Gasteiger partial charge is 0.270 e. The van der Waals surface area contributed by atoms with E-state index in [1.54, 1.807) is 67.5 Å². The van der Waals surface area contributed by atoms with Gasteiger partial charge < -0.3 is 30.3 Å². The molecule has 0 saturated carbocycles. The number of carbonyl (C=O) groups excluding carboxylic acids is 4. The van der Waals surface area contributed by atoms with Crippen LogP contribution in [0.3, 0.4) is 0 Å². The van der Waals surface area contributed by atoms with E-state index < -0.39 is 0 Å². The molecule has 3 N–H and O–H groups in total. The number of amides is 4. The van der Waals surface area contributed by atoms with Crippen molar-refractivity contribution in [3.63, 3.8) is 0 Å². The molecule has 2 aliphatic heterocycles. The number of tetrazole rings is 2. The Kier molecular flexibility index (Phi) is 13.2. The van der Waals surface area contributed by atoms with Gasteiger partial charge in [-0.25, -0.2) is 19.0 Å². The van der Waals surface area contributed by atoms with Crippen LogP contribution in [0.4, 0.5) is 11.4 Å². The maximum atomic E-state index is 13.2. The highest BCUT2D eigenvalue weighted by Gasteiger charge is 2.30. The van der Waals surface area contributed by atoms with Crippen LogP contribution in [0.1, 0.15) is 94.4 Å². The highest BCUT2D eigenvalue weighted by molar-refractivity contribution is 5.98. The molecular weight excluding hydrogens is 937 g/mol. The van der Waals surface area contributed by atoms with Gasteiger partial charge in [0.2, 0.25) is 11.6 Å².